The molecule has 1 N–H and O–H groups in total. The summed E-state index contributed by atoms with van der Waals surface area (Å²) in [6.45, 7) is 2.22. The summed E-state index contributed by atoms with van der Waals surface area (Å²) in [7, 11) is 0. The third kappa shape index (κ3) is 1.11. The first-order valence-electron chi connectivity index (χ1n) is 4.91. The number of benzene rings is 1. The van der Waals surface area contributed by atoms with E-state index in [4.69, 9.17) is 0 Å². The van der Waals surface area contributed by atoms with Gasteiger partial charge in [0.1, 0.15) is 0 Å². The molecule has 1 heteroatoms. The molecule has 3 rings (SSSR count). The normalized spacial score (nSPS) is 24.3. The van der Waals surface area contributed by atoms with Crippen LogP contribution in [0.4, 0.5) is 0 Å². The molecule has 13 heavy (non-hydrogen) atoms. The van der Waals surface area contributed by atoms with Gasteiger partial charge in [0.2, 0.25) is 0 Å². The lowest BCUT2D eigenvalue weighted by Crippen LogP contribution is -2.34. The number of nitrogens with one attached hydrogen (secondary N) is 1. The molecule has 1 saturated heterocycles. The van der Waals surface area contributed by atoms with Gasteiger partial charge in [0.05, 0.1) is 0 Å². The summed E-state index contributed by atoms with van der Waals surface area (Å²) in [4.78, 5) is 0. The average molecular weight is 171 g/mol. The zero-order chi connectivity index (χ0) is 8.67. The maximum Gasteiger partial charge on any atom is 0.0180 e. The summed E-state index contributed by atoms with van der Waals surface area (Å²) < 4.78 is 0. The molecular formula is C12H13N. The van der Waals surface area contributed by atoms with E-state index in [1.807, 2.05) is 0 Å². The Bertz CT molecular complexity index is 359. The summed E-state index contributed by atoms with van der Waals surface area (Å²) in [5.41, 5.74) is 4.66. The molecule has 0 saturated carbocycles. The largest absolute Gasteiger partial charge is 0.309 e. The predicted octanol–water partition coefficient (Wildman–Crippen LogP) is 1.86. The fraction of sp³-hybridized carbons (Fsp3) is 0.333. The van der Waals surface area contributed by atoms with Crippen molar-refractivity contribution >= 4 is 0 Å². The van der Waals surface area contributed by atoms with Crippen LogP contribution in [0, 0.1) is 0 Å². The van der Waals surface area contributed by atoms with Crippen LogP contribution in [-0.2, 0) is 6.42 Å². The minimum Gasteiger partial charge on any atom is -0.309 e. The SMILES string of the molecule is C(=C1CNC1)C1Cc2ccccc21. The Morgan fingerprint density at radius 1 is 1.23 bits per heavy atom. The van der Waals surface area contributed by atoms with E-state index < -0.39 is 0 Å². The van der Waals surface area contributed by atoms with E-state index in [9.17, 15) is 0 Å². The lowest BCUT2D eigenvalue weighted by atomic mass is 9.76. The Balaban J connectivity index is 1.84. The van der Waals surface area contributed by atoms with Gasteiger partial charge in [0.15, 0.2) is 0 Å². The van der Waals surface area contributed by atoms with E-state index in [-0.39, 0.29) is 0 Å². The Morgan fingerprint density at radius 3 is 2.77 bits per heavy atom. The van der Waals surface area contributed by atoms with E-state index in [2.05, 4.69) is 35.7 Å². The van der Waals surface area contributed by atoms with Crippen molar-refractivity contribution < 1.29 is 0 Å². The maximum atomic E-state index is 3.27. The van der Waals surface area contributed by atoms with Crippen LogP contribution in [0.25, 0.3) is 0 Å². The van der Waals surface area contributed by atoms with Gasteiger partial charge >= 0.3 is 0 Å². The molecule has 1 aromatic carbocycles. The molecule has 1 fully saturated rings. The van der Waals surface area contributed by atoms with Gasteiger partial charge in [0, 0.05) is 19.0 Å². The van der Waals surface area contributed by atoms with Crippen LogP contribution in [-0.4, -0.2) is 13.1 Å². The molecule has 1 aliphatic heterocycles. The molecule has 2 aliphatic rings. The van der Waals surface area contributed by atoms with Gasteiger partial charge in [-0.2, -0.15) is 0 Å². The topological polar surface area (TPSA) is 12.0 Å². The monoisotopic (exact) mass is 171 g/mol. The number of rotatable bonds is 1. The molecule has 66 valence electrons. The van der Waals surface area contributed by atoms with Crippen molar-refractivity contribution in [2.45, 2.75) is 12.3 Å². The van der Waals surface area contributed by atoms with E-state index in [0.717, 1.165) is 13.1 Å². The van der Waals surface area contributed by atoms with Crippen molar-refractivity contribution in [1.29, 1.82) is 0 Å². The van der Waals surface area contributed by atoms with Gasteiger partial charge in [-0.25, -0.2) is 0 Å². The highest BCUT2D eigenvalue weighted by Crippen LogP contribution is 2.36. The van der Waals surface area contributed by atoms with Crippen LogP contribution in [0.15, 0.2) is 35.9 Å². The summed E-state index contributed by atoms with van der Waals surface area (Å²) in [5, 5.41) is 3.27. The summed E-state index contributed by atoms with van der Waals surface area (Å²) in [5.74, 6) is 0.716. The smallest absolute Gasteiger partial charge is 0.0180 e. The van der Waals surface area contributed by atoms with Crippen molar-refractivity contribution in [2.75, 3.05) is 13.1 Å². The van der Waals surface area contributed by atoms with Crippen LogP contribution >= 0.6 is 0 Å². The summed E-state index contributed by atoms with van der Waals surface area (Å²) in [6.07, 6.45) is 3.69. The second-order valence-electron chi connectivity index (χ2n) is 3.94. The van der Waals surface area contributed by atoms with Crippen molar-refractivity contribution in [2.24, 2.45) is 0 Å². The van der Waals surface area contributed by atoms with Crippen LogP contribution in [0.5, 0.6) is 0 Å². The quantitative estimate of drug-likeness (QED) is 0.636. The third-order valence-corrected chi connectivity index (χ3v) is 3.04. The number of fused-ring (bicyclic) bond motifs is 1. The zero-order valence-corrected chi connectivity index (χ0v) is 7.59. The Hall–Kier alpha value is -1.08. The van der Waals surface area contributed by atoms with E-state index in [0.29, 0.717) is 5.92 Å². The van der Waals surface area contributed by atoms with Crippen LogP contribution in [0.3, 0.4) is 0 Å². The Morgan fingerprint density at radius 2 is 2.08 bits per heavy atom. The lowest BCUT2D eigenvalue weighted by Gasteiger charge is -2.30. The van der Waals surface area contributed by atoms with Gasteiger partial charge in [-0.15, -0.1) is 0 Å². The number of hydrogen-bond donors (Lipinski definition) is 1. The molecule has 0 radical (unpaired) electrons. The van der Waals surface area contributed by atoms with Crippen molar-refractivity contribution in [3.05, 3.63) is 47.0 Å². The zero-order valence-electron chi connectivity index (χ0n) is 7.59. The molecule has 0 amide bonds. The summed E-state index contributed by atoms with van der Waals surface area (Å²) >= 11 is 0. The molecule has 1 aliphatic carbocycles. The van der Waals surface area contributed by atoms with E-state index >= 15 is 0 Å². The first kappa shape index (κ1) is 7.34. The highest BCUT2D eigenvalue weighted by molar-refractivity contribution is 5.44. The molecule has 0 bridgehead atoms. The van der Waals surface area contributed by atoms with Gasteiger partial charge in [-0.05, 0) is 23.1 Å². The number of hydrogen-bond acceptors (Lipinski definition) is 1. The van der Waals surface area contributed by atoms with Crippen LogP contribution in [0.1, 0.15) is 17.0 Å². The van der Waals surface area contributed by atoms with E-state index in [1.54, 1.807) is 11.1 Å². The Labute approximate surface area is 78.5 Å². The first-order chi connectivity index (χ1) is 6.43. The molecule has 0 aromatic heterocycles. The maximum absolute atomic E-state index is 3.27. The van der Waals surface area contributed by atoms with Gasteiger partial charge in [-0.1, -0.05) is 30.3 Å². The molecular weight excluding hydrogens is 158 g/mol. The number of allylic oxidation sites excluding steroid dienone is 1. The molecule has 1 aromatic rings. The highest BCUT2D eigenvalue weighted by atomic mass is 14.9. The Kier molecular flexibility index (Phi) is 1.53. The van der Waals surface area contributed by atoms with Gasteiger partial charge < -0.3 is 5.32 Å². The van der Waals surface area contributed by atoms with E-state index in [1.165, 1.54) is 12.0 Å². The third-order valence-electron chi connectivity index (χ3n) is 3.04. The first-order valence-corrected chi connectivity index (χ1v) is 4.91. The van der Waals surface area contributed by atoms with Gasteiger partial charge in [0.25, 0.3) is 0 Å². The fourth-order valence-corrected chi connectivity index (χ4v) is 2.12. The average Bonchev–Trinajstić information content (AvgIpc) is 2.03. The van der Waals surface area contributed by atoms with Gasteiger partial charge in [-0.3, -0.25) is 0 Å². The second-order valence-corrected chi connectivity index (χ2v) is 3.94. The predicted molar refractivity (Wildman–Crippen MR) is 53.8 cm³/mol. The second kappa shape index (κ2) is 2.71. The molecule has 1 unspecified atom stereocenters. The van der Waals surface area contributed by atoms with Crippen molar-refractivity contribution in [1.82, 2.24) is 5.32 Å². The summed E-state index contributed by atoms with van der Waals surface area (Å²) in [6, 6.07) is 8.77. The minimum absolute atomic E-state index is 0.716. The highest BCUT2D eigenvalue weighted by Gasteiger charge is 2.24. The standard InChI is InChI=1S/C12H13N/c1-2-4-12-10(3-1)6-11(12)5-9-7-13-8-9/h1-5,11,13H,6-8H2. The lowest BCUT2D eigenvalue weighted by molar-refractivity contribution is 0.640. The molecule has 1 heterocycles. The minimum atomic E-state index is 0.716. The molecule has 1 nitrogen and oxygen atoms in total. The fourth-order valence-electron chi connectivity index (χ4n) is 2.12. The van der Waals surface area contributed by atoms with Crippen molar-refractivity contribution in [3.8, 4) is 0 Å². The van der Waals surface area contributed by atoms with Crippen LogP contribution in [0.2, 0.25) is 0 Å². The molecule has 1 atom stereocenters. The molecule has 0 spiro atoms. The van der Waals surface area contributed by atoms with Crippen LogP contribution < -0.4 is 5.32 Å². The van der Waals surface area contributed by atoms with Crippen molar-refractivity contribution in [3.63, 3.8) is 0 Å².